The first-order valence-corrected chi connectivity index (χ1v) is 14.4. The number of ether oxygens (including phenoxy) is 1. The minimum Gasteiger partial charge on any atom is -0.382 e. The molecular weight excluding hydrogens is 539 g/mol. The van der Waals surface area contributed by atoms with Gasteiger partial charge in [-0.3, -0.25) is 9.69 Å². The predicted octanol–water partition coefficient (Wildman–Crippen LogP) is 5.58. The maximum atomic E-state index is 13.3. The van der Waals surface area contributed by atoms with Crippen molar-refractivity contribution in [1.82, 2.24) is 14.8 Å². The molecular formula is C29H32F3N5O2S. The lowest BCUT2D eigenvalue weighted by molar-refractivity contribution is -0.140. The molecule has 5 rings (SSSR count). The van der Waals surface area contributed by atoms with Gasteiger partial charge in [0.1, 0.15) is 11.6 Å². The number of aryl methyl sites for hydroxylation is 1. The molecule has 1 saturated carbocycles. The van der Waals surface area contributed by atoms with E-state index < -0.39 is 11.7 Å². The van der Waals surface area contributed by atoms with Crippen LogP contribution in [0, 0.1) is 18.3 Å². The topological polar surface area (TPSA) is 81.5 Å². The Morgan fingerprint density at radius 2 is 1.88 bits per heavy atom. The van der Waals surface area contributed by atoms with E-state index in [0.717, 1.165) is 61.9 Å². The average molecular weight is 572 g/mol. The molecule has 1 aromatic heterocycles. The molecule has 2 fully saturated rings. The summed E-state index contributed by atoms with van der Waals surface area (Å²) >= 11 is 1.72. The second-order valence-electron chi connectivity index (χ2n) is 10.5. The van der Waals surface area contributed by atoms with Crippen molar-refractivity contribution in [2.24, 2.45) is 0 Å². The minimum absolute atomic E-state index is 0.00683. The molecule has 0 bridgehead atoms. The van der Waals surface area contributed by atoms with Crippen molar-refractivity contribution in [2.45, 2.75) is 57.5 Å². The van der Waals surface area contributed by atoms with Crippen LogP contribution in [-0.2, 0) is 22.3 Å². The number of amides is 1. The summed E-state index contributed by atoms with van der Waals surface area (Å²) in [6.07, 6.45) is -1.72. The Kier molecular flexibility index (Phi) is 8.59. The molecule has 212 valence electrons. The third-order valence-corrected chi connectivity index (χ3v) is 8.63. The summed E-state index contributed by atoms with van der Waals surface area (Å²) in [7, 11) is 0. The van der Waals surface area contributed by atoms with E-state index in [0.29, 0.717) is 18.8 Å². The van der Waals surface area contributed by atoms with E-state index in [2.05, 4.69) is 35.3 Å². The minimum atomic E-state index is -4.58. The molecule has 0 spiro atoms. The van der Waals surface area contributed by atoms with Crippen LogP contribution >= 0.6 is 11.3 Å². The number of hydrogen-bond acceptors (Lipinski definition) is 7. The van der Waals surface area contributed by atoms with Crippen LogP contribution in [0.15, 0.2) is 36.4 Å². The first-order chi connectivity index (χ1) is 19.2. The molecule has 1 saturated heterocycles. The number of halogens is 3. The van der Waals surface area contributed by atoms with E-state index in [-0.39, 0.29) is 30.2 Å². The van der Waals surface area contributed by atoms with E-state index >= 15 is 0 Å². The number of hydrogen-bond donors (Lipinski definition) is 1. The van der Waals surface area contributed by atoms with Gasteiger partial charge in [-0.15, -0.1) is 11.3 Å². The van der Waals surface area contributed by atoms with E-state index in [1.807, 2.05) is 4.90 Å². The van der Waals surface area contributed by atoms with Crippen LogP contribution in [0.1, 0.15) is 47.4 Å². The summed E-state index contributed by atoms with van der Waals surface area (Å²) < 4.78 is 46.9. The molecule has 1 amide bonds. The van der Waals surface area contributed by atoms with Crippen LogP contribution in [0.4, 0.5) is 18.9 Å². The number of benzene rings is 2. The van der Waals surface area contributed by atoms with Crippen molar-refractivity contribution >= 4 is 33.1 Å². The molecule has 1 N–H and O–H groups in total. The summed E-state index contributed by atoms with van der Waals surface area (Å²) in [6, 6.07) is 11.7. The number of nitrogens with one attached hydrogen (secondary N) is 1. The molecule has 1 aliphatic heterocycles. The Bertz CT molecular complexity index is 1390. The number of aromatic nitrogens is 1. The molecule has 2 aliphatic rings. The first-order valence-electron chi connectivity index (χ1n) is 13.5. The maximum Gasteiger partial charge on any atom is 0.417 e. The van der Waals surface area contributed by atoms with Gasteiger partial charge in [-0.25, -0.2) is 4.98 Å². The van der Waals surface area contributed by atoms with Crippen LogP contribution < -0.4 is 5.32 Å². The van der Waals surface area contributed by atoms with E-state index in [4.69, 9.17) is 15.0 Å². The van der Waals surface area contributed by atoms with Crippen molar-refractivity contribution in [3.8, 4) is 6.07 Å². The summed E-state index contributed by atoms with van der Waals surface area (Å²) in [5.41, 5.74) is 1.28. The molecule has 2 heterocycles. The molecule has 7 nitrogen and oxygen atoms in total. The molecule has 40 heavy (non-hydrogen) atoms. The Morgan fingerprint density at radius 1 is 1.12 bits per heavy atom. The highest BCUT2D eigenvalue weighted by atomic mass is 32.1. The van der Waals surface area contributed by atoms with Gasteiger partial charge in [0.15, 0.2) is 0 Å². The highest BCUT2D eigenvalue weighted by Crippen LogP contribution is 2.34. The van der Waals surface area contributed by atoms with E-state index in [1.165, 1.54) is 22.4 Å². The number of anilines is 1. The van der Waals surface area contributed by atoms with Crippen LogP contribution in [0.5, 0.6) is 0 Å². The fourth-order valence-corrected chi connectivity index (χ4v) is 6.35. The first kappa shape index (κ1) is 28.3. The SMILES string of the molecule is Cc1ccc2sc(CN3CCN(C(=O)CO[C@H]4CC[C@H](Nc5ccc(C#N)c(C(F)(F)F)c5)CC4)CC3)nc2c1. The normalized spacial score (nSPS) is 20.4. The van der Waals surface area contributed by atoms with Crippen molar-refractivity contribution in [3.63, 3.8) is 0 Å². The van der Waals surface area contributed by atoms with Gasteiger partial charge in [0.05, 0.1) is 40.1 Å². The lowest BCUT2D eigenvalue weighted by Crippen LogP contribution is -2.49. The molecule has 1 aliphatic carbocycles. The number of thiazole rings is 1. The number of nitriles is 1. The number of nitrogens with zero attached hydrogens (tertiary/aromatic N) is 4. The zero-order chi connectivity index (χ0) is 28.3. The predicted molar refractivity (Wildman–Crippen MR) is 148 cm³/mol. The van der Waals surface area contributed by atoms with Crippen LogP contribution in [0.25, 0.3) is 10.2 Å². The van der Waals surface area contributed by atoms with Gasteiger partial charge in [0.2, 0.25) is 5.91 Å². The van der Waals surface area contributed by atoms with Crippen molar-refractivity contribution < 1.29 is 22.7 Å². The standard InChI is InChI=1S/C29H32F3N5O2S/c1-19-2-9-26-25(14-19)35-27(40-26)17-36-10-12-37(13-11-36)28(38)18-39-23-7-5-21(6-8-23)34-22-4-3-20(16-33)24(15-22)29(30,31)32/h2-4,9,14-15,21,23,34H,5-8,10-13,17-18H2,1H3/t21-,23-. The third-order valence-electron chi connectivity index (χ3n) is 7.60. The van der Waals surface area contributed by atoms with E-state index in [9.17, 15) is 18.0 Å². The van der Waals surface area contributed by atoms with Gasteiger partial charge in [-0.2, -0.15) is 18.4 Å². The zero-order valence-electron chi connectivity index (χ0n) is 22.3. The second kappa shape index (κ2) is 12.1. The number of fused-ring (bicyclic) bond motifs is 1. The highest BCUT2D eigenvalue weighted by Gasteiger charge is 2.34. The number of carbonyl (C=O) groups excluding carboxylic acids is 1. The Balaban J connectivity index is 1.02. The van der Waals surface area contributed by atoms with Gasteiger partial charge < -0.3 is 15.0 Å². The summed E-state index contributed by atoms with van der Waals surface area (Å²) in [5.74, 6) is -0.00683. The number of rotatable bonds is 7. The fourth-order valence-electron chi connectivity index (χ4n) is 5.36. The number of piperazine rings is 1. The lowest BCUT2D eigenvalue weighted by Gasteiger charge is -2.35. The lowest BCUT2D eigenvalue weighted by atomic mass is 9.92. The smallest absolute Gasteiger partial charge is 0.382 e. The quantitative estimate of drug-likeness (QED) is 0.399. The monoisotopic (exact) mass is 571 g/mol. The molecule has 0 unspecified atom stereocenters. The Hall–Kier alpha value is -3.20. The van der Waals surface area contributed by atoms with Crippen molar-refractivity contribution in [3.05, 3.63) is 58.1 Å². The van der Waals surface area contributed by atoms with Gasteiger partial charge >= 0.3 is 6.18 Å². The van der Waals surface area contributed by atoms with Crippen LogP contribution in [-0.4, -0.2) is 65.6 Å². The van der Waals surface area contributed by atoms with Gasteiger partial charge in [0, 0.05) is 37.9 Å². The Labute approximate surface area is 235 Å². The fraction of sp³-hybridized carbons (Fsp3) is 0.483. The largest absolute Gasteiger partial charge is 0.417 e. The van der Waals surface area contributed by atoms with E-state index in [1.54, 1.807) is 17.4 Å². The van der Waals surface area contributed by atoms with Gasteiger partial charge in [-0.05, 0) is 68.5 Å². The summed E-state index contributed by atoms with van der Waals surface area (Å²) in [6.45, 7) is 5.81. The molecule has 0 atom stereocenters. The summed E-state index contributed by atoms with van der Waals surface area (Å²) in [5, 5.41) is 13.2. The van der Waals surface area contributed by atoms with Crippen LogP contribution in [0.2, 0.25) is 0 Å². The van der Waals surface area contributed by atoms with Crippen LogP contribution in [0.3, 0.4) is 0 Å². The second-order valence-corrected chi connectivity index (χ2v) is 11.6. The van der Waals surface area contributed by atoms with Gasteiger partial charge in [-0.1, -0.05) is 6.07 Å². The molecule has 2 aromatic carbocycles. The summed E-state index contributed by atoms with van der Waals surface area (Å²) in [4.78, 5) is 21.7. The average Bonchev–Trinajstić information content (AvgIpc) is 3.33. The zero-order valence-corrected chi connectivity index (χ0v) is 23.2. The third kappa shape index (κ3) is 6.92. The number of alkyl halides is 3. The molecule has 0 radical (unpaired) electrons. The number of carbonyl (C=O) groups is 1. The molecule has 11 heteroatoms. The van der Waals surface area contributed by atoms with Crippen molar-refractivity contribution in [2.75, 3.05) is 38.1 Å². The Morgan fingerprint density at radius 3 is 2.58 bits per heavy atom. The highest BCUT2D eigenvalue weighted by molar-refractivity contribution is 7.18. The molecule has 3 aromatic rings. The van der Waals surface area contributed by atoms with Gasteiger partial charge in [0.25, 0.3) is 0 Å². The maximum absolute atomic E-state index is 13.3. The van der Waals surface area contributed by atoms with Crippen molar-refractivity contribution in [1.29, 1.82) is 5.26 Å².